The number of hydrogen-bond acceptors (Lipinski definition) is 2. The van der Waals surface area contributed by atoms with Crippen LogP contribution in [0.15, 0.2) is 18.2 Å². The molecule has 0 bridgehead atoms. The van der Waals surface area contributed by atoms with Crippen LogP contribution in [0.2, 0.25) is 0 Å². The Morgan fingerprint density at radius 1 is 1.50 bits per heavy atom. The van der Waals surface area contributed by atoms with Crippen LogP contribution in [0, 0.1) is 5.82 Å². The van der Waals surface area contributed by atoms with Gasteiger partial charge in [0.05, 0.1) is 6.10 Å². The van der Waals surface area contributed by atoms with Crippen molar-refractivity contribution in [2.45, 2.75) is 38.8 Å². The number of halogens is 1. The summed E-state index contributed by atoms with van der Waals surface area (Å²) < 4.78 is 13.2. The topological polar surface area (TPSA) is 23.5 Å². The normalized spacial score (nSPS) is 17.2. The molecule has 2 nitrogen and oxygen atoms in total. The van der Waals surface area contributed by atoms with Gasteiger partial charge in [0.25, 0.3) is 0 Å². The van der Waals surface area contributed by atoms with Crippen LogP contribution in [0.5, 0.6) is 0 Å². The third-order valence-electron chi connectivity index (χ3n) is 3.08. The third-order valence-corrected chi connectivity index (χ3v) is 3.08. The molecular weight excluding hydrogens is 205 g/mol. The standard InChI is InChI=1S/C13H18FNO/c1-3-15(11-5-6-11)13-7-4-10(14)8-12(13)9(2)16/h4,7-9,11,16H,3,5-6H2,1-2H3/t9-/m0/s1. The Hall–Kier alpha value is -1.09. The molecule has 1 aliphatic carbocycles. The molecule has 3 heteroatoms. The maximum atomic E-state index is 13.2. The number of anilines is 1. The van der Waals surface area contributed by atoms with E-state index < -0.39 is 6.10 Å². The SMILES string of the molecule is CCN(c1ccc(F)cc1[C@H](C)O)C1CC1. The highest BCUT2D eigenvalue weighted by Crippen LogP contribution is 2.35. The maximum absolute atomic E-state index is 13.2. The average molecular weight is 223 g/mol. The third kappa shape index (κ3) is 2.19. The minimum atomic E-state index is -0.626. The molecule has 88 valence electrons. The lowest BCUT2D eigenvalue weighted by Gasteiger charge is -2.26. The summed E-state index contributed by atoms with van der Waals surface area (Å²) in [5.74, 6) is -0.286. The molecule has 1 aliphatic rings. The highest BCUT2D eigenvalue weighted by Gasteiger charge is 2.29. The van der Waals surface area contributed by atoms with Gasteiger partial charge in [0.15, 0.2) is 0 Å². The molecule has 0 spiro atoms. The van der Waals surface area contributed by atoms with Crippen LogP contribution >= 0.6 is 0 Å². The highest BCUT2D eigenvalue weighted by molar-refractivity contribution is 5.56. The average Bonchev–Trinajstić information content (AvgIpc) is 3.05. The summed E-state index contributed by atoms with van der Waals surface area (Å²) in [6, 6.07) is 5.25. The smallest absolute Gasteiger partial charge is 0.123 e. The van der Waals surface area contributed by atoms with Crippen molar-refractivity contribution in [1.82, 2.24) is 0 Å². The van der Waals surface area contributed by atoms with Crippen molar-refractivity contribution in [1.29, 1.82) is 0 Å². The van der Waals surface area contributed by atoms with Crippen molar-refractivity contribution >= 4 is 5.69 Å². The monoisotopic (exact) mass is 223 g/mol. The van der Waals surface area contributed by atoms with Gasteiger partial charge >= 0.3 is 0 Å². The number of rotatable bonds is 4. The van der Waals surface area contributed by atoms with E-state index in [1.54, 1.807) is 13.0 Å². The molecule has 1 atom stereocenters. The molecule has 1 aromatic carbocycles. The fourth-order valence-corrected chi connectivity index (χ4v) is 2.13. The second-order valence-corrected chi connectivity index (χ2v) is 4.40. The molecule has 16 heavy (non-hydrogen) atoms. The molecule has 2 rings (SSSR count). The van der Waals surface area contributed by atoms with Gasteiger partial charge in [-0.25, -0.2) is 4.39 Å². The van der Waals surface area contributed by atoms with E-state index in [4.69, 9.17) is 0 Å². The van der Waals surface area contributed by atoms with Crippen molar-refractivity contribution in [3.05, 3.63) is 29.6 Å². The van der Waals surface area contributed by atoms with E-state index >= 15 is 0 Å². The summed E-state index contributed by atoms with van der Waals surface area (Å²) in [6.07, 6.45) is 1.77. The summed E-state index contributed by atoms with van der Waals surface area (Å²) in [6.45, 7) is 4.67. The Morgan fingerprint density at radius 2 is 2.19 bits per heavy atom. The van der Waals surface area contributed by atoms with Crippen LogP contribution in [0.4, 0.5) is 10.1 Å². The van der Waals surface area contributed by atoms with E-state index in [2.05, 4.69) is 11.8 Å². The van der Waals surface area contributed by atoms with Gasteiger partial charge in [-0.05, 0) is 44.9 Å². The van der Waals surface area contributed by atoms with Crippen LogP contribution in [-0.2, 0) is 0 Å². The van der Waals surface area contributed by atoms with Crippen LogP contribution in [0.1, 0.15) is 38.4 Å². The summed E-state index contributed by atoms with van der Waals surface area (Å²) >= 11 is 0. The fourth-order valence-electron chi connectivity index (χ4n) is 2.13. The zero-order chi connectivity index (χ0) is 11.7. The lowest BCUT2D eigenvalue weighted by molar-refractivity contribution is 0.199. The highest BCUT2D eigenvalue weighted by atomic mass is 19.1. The minimum absolute atomic E-state index is 0.286. The van der Waals surface area contributed by atoms with Gasteiger partial charge < -0.3 is 10.0 Å². The predicted octanol–water partition coefficient (Wildman–Crippen LogP) is 2.87. The largest absolute Gasteiger partial charge is 0.389 e. The van der Waals surface area contributed by atoms with E-state index in [9.17, 15) is 9.50 Å². The Morgan fingerprint density at radius 3 is 2.69 bits per heavy atom. The van der Waals surface area contributed by atoms with Gasteiger partial charge in [0.2, 0.25) is 0 Å². The Bertz CT molecular complexity index is 374. The van der Waals surface area contributed by atoms with E-state index in [1.807, 2.05) is 0 Å². The van der Waals surface area contributed by atoms with Crippen molar-refractivity contribution in [2.75, 3.05) is 11.4 Å². The zero-order valence-electron chi connectivity index (χ0n) is 9.78. The first-order valence-electron chi connectivity index (χ1n) is 5.87. The van der Waals surface area contributed by atoms with Gasteiger partial charge in [-0.3, -0.25) is 0 Å². The van der Waals surface area contributed by atoms with Crippen molar-refractivity contribution in [2.24, 2.45) is 0 Å². The van der Waals surface area contributed by atoms with Crippen LogP contribution in [0.3, 0.4) is 0 Å². The molecule has 0 amide bonds. The van der Waals surface area contributed by atoms with Crippen LogP contribution in [0.25, 0.3) is 0 Å². The van der Waals surface area contributed by atoms with Crippen molar-refractivity contribution in [3.63, 3.8) is 0 Å². The quantitative estimate of drug-likeness (QED) is 0.848. The maximum Gasteiger partial charge on any atom is 0.123 e. The molecule has 0 heterocycles. The van der Waals surface area contributed by atoms with Crippen LogP contribution in [-0.4, -0.2) is 17.7 Å². The van der Waals surface area contributed by atoms with Gasteiger partial charge in [0, 0.05) is 23.8 Å². The van der Waals surface area contributed by atoms with Gasteiger partial charge in [0.1, 0.15) is 5.82 Å². The summed E-state index contributed by atoms with van der Waals surface area (Å²) in [4.78, 5) is 2.25. The minimum Gasteiger partial charge on any atom is -0.389 e. The number of hydrogen-bond donors (Lipinski definition) is 1. The second-order valence-electron chi connectivity index (χ2n) is 4.40. The summed E-state index contributed by atoms with van der Waals surface area (Å²) in [5.41, 5.74) is 1.66. The molecule has 1 aromatic rings. The number of benzene rings is 1. The van der Waals surface area contributed by atoms with Gasteiger partial charge in [-0.15, -0.1) is 0 Å². The molecule has 1 N–H and O–H groups in total. The van der Waals surface area contributed by atoms with Gasteiger partial charge in [-0.1, -0.05) is 0 Å². The summed E-state index contributed by atoms with van der Waals surface area (Å²) in [7, 11) is 0. The van der Waals surface area contributed by atoms with Gasteiger partial charge in [-0.2, -0.15) is 0 Å². The molecule has 0 unspecified atom stereocenters. The molecule has 0 saturated heterocycles. The second kappa shape index (κ2) is 4.42. The first-order valence-corrected chi connectivity index (χ1v) is 5.87. The molecule has 0 aromatic heterocycles. The number of nitrogens with zero attached hydrogens (tertiary/aromatic N) is 1. The van der Waals surface area contributed by atoms with Crippen LogP contribution < -0.4 is 4.90 Å². The first-order chi connectivity index (χ1) is 7.63. The van der Waals surface area contributed by atoms with E-state index in [0.717, 1.165) is 12.2 Å². The molecule has 1 fully saturated rings. The van der Waals surface area contributed by atoms with Crippen molar-refractivity contribution in [3.8, 4) is 0 Å². The zero-order valence-corrected chi connectivity index (χ0v) is 9.78. The number of aliphatic hydroxyl groups excluding tert-OH is 1. The lowest BCUT2D eigenvalue weighted by Crippen LogP contribution is -2.26. The lowest BCUT2D eigenvalue weighted by atomic mass is 10.1. The van der Waals surface area contributed by atoms with E-state index in [1.165, 1.54) is 25.0 Å². The predicted molar refractivity (Wildman–Crippen MR) is 63.1 cm³/mol. The molecule has 0 aliphatic heterocycles. The molecular formula is C13H18FNO. The Kier molecular flexibility index (Phi) is 3.15. The summed E-state index contributed by atoms with van der Waals surface area (Å²) in [5, 5.41) is 9.68. The molecule has 1 saturated carbocycles. The van der Waals surface area contributed by atoms with Crippen molar-refractivity contribution < 1.29 is 9.50 Å². The Labute approximate surface area is 95.7 Å². The fraction of sp³-hybridized carbons (Fsp3) is 0.538. The van der Waals surface area contributed by atoms with E-state index in [0.29, 0.717) is 11.6 Å². The molecule has 0 radical (unpaired) electrons. The number of aliphatic hydroxyl groups is 1. The van der Waals surface area contributed by atoms with E-state index in [-0.39, 0.29) is 5.82 Å². The first kappa shape index (κ1) is 11.4. The Balaban J connectivity index is 2.37.